The zero-order valence-corrected chi connectivity index (χ0v) is 8.97. The van der Waals surface area contributed by atoms with Gasteiger partial charge in [-0.1, -0.05) is 0 Å². The molecule has 0 saturated carbocycles. The molecule has 0 aromatic heterocycles. The van der Waals surface area contributed by atoms with Gasteiger partial charge in [0.25, 0.3) is 0 Å². The molecule has 0 rings (SSSR count). The molecule has 0 aliphatic heterocycles. The molecule has 0 aromatic carbocycles. The molecule has 14 heavy (non-hydrogen) atoms. The van der Waals surface area contributed by atoms with Gasteiger partial charge >= 0.3 is 0 Å². The summed E-state index contributed by atoms with van der Waals surface area (Å²) in [5.74, 6) is -0.292. The minimum atomic E-state index is -0.292. The summed E-state index contributed by atoms with van der Waals surface area (Å²) < 4.78 is 0. The minimum Gasteiger partial charge on any atom is -0.370 e. The fourth-order valence-corrected chi connectivity index (χ4v) is 1.25. The van der Waals surface area contributed by atoms with Crippen molar-refractivity contribution in [3.8, 4) is 6.07 Å². The third-order valence-corrected chi connectivity index (χ3v) is 1.94. The maximum Gasteiger partial charge on any atom is 0.219 e. The Hall–Kier alpha value is -1.08. The van der Waals surface area contributed by atoms with Crippen LogP contribution in [0.5, 0.6) is 0 Å². The maximum absolute atomic E-state index is 10.7. The molecule has 0 bridgehead atoms. The van der Waals surface area contributed by atoms with Crippen molar-refractivity contribution in [2.45, 2.75) is 45.1 Å². The van der Waals surface area contributed by atoms with E-state index in [1.54, 1.807) is 0 Å². The normalized spacial score (nSPS) is 10.9. The third kappa shape index (κ3) is 7.56. The van der Waals surface area contributed by atoms with Crippen molar-refractivity contribution in [3.05, 3.63) is 0 Å². The second-order valence-corrected chi connectivity index (χ2v) is 4.07. The van der Waals surface area contributed by atoms with E-state index >= 15 is 0 Å². The molecule has 0 aliphatic carbocycles. The van der Waals surface area contributed by atoms with Crippen molar-refractivity contribution in [1.82, 2.24) is 5.32 Å². The average Bonchev–Trinajstić information content (AvgIpc) is 2.01. The molecule has 0 spiro atoms. The molecule has 4 heteroatoms. The van der Waals surface area contributed by atoms with Gasteiger partial charge in [0.15, 0.2) is 0 Å². The first-order chi connectivity index (χ1) is 6.48. The van der Waals surface area contributed by atoms with E-state index in [-0.39, 0.29) is 11.4 Å². The van der Waals surface area contributed by atoms with E-state index in [2.05, 4.69) is 11.4 Å². The molecule has 0 aliphatic rings. The number of unbranched alkanes of at least 4 members (excludes halogenated alkanes) is 2. The number of hydrogen-bond donors (Lipinski definition) is 2. The zero-order chi connectivity index (χ0) is 11.0. The summed E-state index contributed by atoms with van der Waals surface area (Å²) in [5, 5.41) is 11.6. The topological polar surface area (TPSA) is 78.9 Å². The van der Waals surface area contributed by atoms with Gasteiger partial charge in [-0.15, -0.1) is 0 Å². The van der Waals surface area contributed by atoms with Crippen LogP contribution >= 0.6 is 0 Å². The SMILES string of the molecule is CC(C)(CC(N)=O)NCCCCC#N. The van der Waals surface area contributed by atoms with Crippen molar-refractivity contribution in [2.75, 3.05) is 6.54 Å². The second-order valence-electron chi connectivity index (χ2n) is 4.07. The summed E-state index contributed by atoms with van der Waals surface area (Å²) in [6.07, 6.45) is 2.79. The van der Waals surface area contributed by atoms with Gasteiger partial charge in [-0.3, -0.25) is 4.79 Å². The van der Waals surface area contributed by atoms with E-state index in [1.165, 1.54) is 0 Å². The molecular weight excluding hydrogens is 178 g/mol. The Balaban J connectivity index is 3.56. The molecule has 0 unspecified atom stereocenters. The summed E-state index contributed by atoms with van der Waals surface area (Å²) in [6, 6.07) is 2.10. The van der Waals surface area contributed by atoms with Gasteiger partial charge in [-0.05, 0) is 33.2 Å². The van der Waals surface area contributed by atoms with Gasteiger partial charge in [-0.25, -0.2) is 0 Å². The molecule has 0 heterocycles. The zero-order valence-electron chi connectivity index (χ0n) is 8.97. The summed E-state index contributed by atoms with van der Waals surface area (Å²) >= 11 is 0. The highest BCUT2D eigenvalue weighted by atomic mass is 16.1. The molecule has 4 nitrogen and oxygen atoms in total. The van der Waals surface area contributed by atoms with E-state index < -0.39 is 0 Å². The molecule has 3 N–H and O–H groups in total. The highest BCUT2D eigenvalue weighted by Crippen LogP contribution is 2.07. The van der Waals surface area contributed by atoms with Crippen molar-refractivity contribution in [2.24, 2.45) is 5.73 Å². The Morgan fingerprint density at radius 2 is 2.14 bits per heavy atom. The number of primary amides is 1. The van der Waals surface area contributed by atoms with Crippen LogP contribution in [0, 0.1) is 11.3 Å². The predicted octanol–water partition coefficient (Wildman–Crippen LogP) is 0.924. The number of amides is 1. The van der Waals surface area contributed by atoms with Gasteiger partial charge in [0.1, 0.15) is 0 Å². The number of rotatable bonds is 7. The molecule has 0 atom stereocenters. The first-order valence-electron chi connectivity index (χ1n) is 4.88. The number of nitrogens with two attached hydrogens (primary N) is 1. The van der Waals surface area contributed by atoms with E-state index in [1.807, 2.05) is 13.8 Å². The lowest BCUT2D eigenvalue weighted by Gasteiger charge is -2.24. The largest absolute Gasteiger partial charge is 0.370 e. The van der Waals surface area contributed by atoms with Crippen LogP contribution in [0.2, 0.25) is 0 Å². The third-order valence-electron chi connectivity index (χ3n) is 1.94. The minimum absolute atomic E-state index is 0.238. The van der Waals surface area contributed by atoms with Gasteiger partial charge in [0.05, 0.1) is 6.07 Å². The lowest BCUT2D eigenvalue weighted by molar-refractivity contribution is -0.119. The molecular formula is C10H19N3O. The number of nitrogens with one attached hydrogen (secondary N) is 1. The fraction of sp³-hybridized carbons (Fsp3) is 0.800. The van der Waals surface area contributed by atoms with Crippen LogP contribution in [-0.2, 0) is 4.79 Å². The maximum atomic E-state index is 10.7. The van der Waals surface area contributed by atoms with Crippen LogP contribution in [0.3, 0.4) is 0 Å². The Labute approximate surface area is 85.5 Å². The fourth-order valence-electron chi connectivity index (χ4n) is 1.25. The average molecular weight is 197 g/mol. The first kappa shape index (κ1) is 12.9. The summed E-state index contributed by atoms with van der Waals surface area (Å²) in [6.45, 7) is 4.71. The van der Waals surface area contributed by atoms with Crippen molar-refractivity contribution >= 4 is 5.91 Å². The smallest absolute Gasteiger partial charge is 0.219 e. The molecule has 0 saturated heterocycles. The first-order valence-corrected chi connectivity index (χ1v) is 4.88. The van der Waals surface area contributed by atoms with E-state index in [4.69, 9.17) is 11.0 Å². The number of hydrogen-bond acceptors (Lipinski definition) is 3. The summed E-state index contributed by atoms with van der Waals surface area (Å²) in [5.41, 5.74) is 4.87. The standard InChI is InChI=1S/C10H19N3O/c1-10(2,8-9(12)14)13-7-5-3-4-6-11/h13H,3-5,7-8H2,1-2H3,(H2,12,14). The van der Waals surface area contributed by atoms with E-state index in [0.29, 0.717) is 12.8 Å². The summed E-state index contributed by atoms with van der Waals surface area (Å²) in [7, 11) is 0. The van der Waals surface area contributed by atoms with Gasteiger partial charge in [0.2, 0.25) is 5.91 Å². The van der Waals surface area contributed by atoms with Crippen LogP contribution in [0.4, 0.5) is 0 Å². The highest BCUT2D eigenvalue weighted by molar-refractivity contribution is 5.74. The van der Waals surface area contributed by atoms with E-state index in [9.17, 15) is 4.79 Å². The van der Waals surface area contributed by atoms with Crippen LogP contribution < -0.4 is 11.1 Å². The molecule has 80 valence electrons. The monoisotopic (exact) mass is 197 g/mol. The van der Waals surface area contributed by atoms with Crippen molar-refractivity contribution in [1.29, 1.82) is 5.26 Å². The Morgan fingerprint density at radius 1 is 1.50 bits per heavy atom. The number of nitrogens with zero attached hydrogens (tertiary/aromatic N) is 1. The molecule has 0 fully saturated rings. The lowest BCUT2D eigenvalue weighted by Crippen LogP contribution is -2.43. The van der Waals surface area contributed by atoms with Crippen LogP contribution in [0.15, 0.2) is 0 Å². The van der Waals surface area contributed by atoms with Crippen molar-refractivity contribution < 1.29 is 4.79 Å². The van der Waals surface area contributed by atoms with Crippen LogP contribution in [0.25, 0.3) is 0 Å². The highest BCUT2D eigenvalue weighted by Gasteiger charge is 2.18. The molecule has 0 aromatic rings. The number of nitriles is 1. The Morgan fingerprint density at radius 3 is 2.64 bits per heavy atom. The summed E-state index contributed by atoms with van der Waals surface area (Å²) in [4.78, 5) is 10.7. The van der Waals surface area contributed by atoms with Gasteiger partial charge in [0, 0.05) is 18.4 Å². The number of carbonyl (C=O) groups excluding carboxylic acids is 1. The van der Waals surface area contributed by atoms with Crippen molar-refractivity contribution in [3.63, 3.8) is 0 Å². The second kappa shape index (κ2) is 6.39. The van der Waals surface area contributed by atoms with Gasteiger partial charge < -0.3 is 11.1 Å². The predicted molar refractivity (Wildman–Crippen MR) is 55.4 cm³/mol. The Kier molecular flexibility index (Phi) is 5.89. The van der Waals surface area contributed by atoms with Crippen LogP contribution in [0.1, 0.15) is 39.5 Å². The molecule has 0 radical (unpaired) electrons. The van der Waals surface area contributed by atoms with E-state index in [0.717, 1.165) is 19.4 Å². The number of carbonyl (C=O) groups is 1. The Bertz CT molecular complexity index is 218. The van der Waals surface area contributed by atoms with Crippen LogP contribution in [-0.4, -0.2) is 18.0 Å². The lowest BCUT2D eigenvalue weighted by atomic mass is 10.00. The van der Waals surface area contributed by atoms with Gasteiger partial charge in [-0.2, -0.15) is 5.26 Å². The molecule has 1 amide bonds. The quantitative estimate of drug-likeness (QED) is 0.596.